The van der Waals surface area contributed by atoms with Gasteiger partial charge in [-0.25, -0.2) is 0 Å². The van der Waals surface area contributed by atoms with Crippen molar-refractivity contribution in [1.29, 1.82) is 0 Å². The SMILES string of the molecule is [K+].[O-]B(F)C=C(F)F. The third kappa shape index (κ3) is 10.2. The van der Waals surface area contributed by atoms with Crippen LogP contribution in [0.3, 0.4) is 0 Å². The summed E-state index contributed by atoms with van der Waals surface area (Å²) in [4.78, 5) is 0. The van der Waals surface area contributed by atoms with E-state index in [1.807, 2.05) is 0 Å². The van der Waals surface area contributed by atoms with Gasteiger partial charge in [0.15, 0.2) is 0 Å². The summed E-state index contributed by atoms with van der Waals surface area (Å²) < 4.78 is 32.3. The molecule has 40 valence electrons. The van der Waals surface area contributed by atoms with Crippen molar-refractivity contribution < 1.29 is 69.5 Å². The molecule has 0 bridgehead atoms. The zero-order valence-corrected chi connectivity index (χ0v) is 7.32. The molecule has 0 fully saturated rings. The molecule has 0 aromatic heterocycles. The fourth-order valence-corrected chi connectivity index (χ4v) is 0.0991. The van der Waals surface area contributed by atoms with Gasteiger partial charge in [-0.05, 0) is 5.98 Å². The molecule has 0 N–H and O–H groups in total. The average Bonchev–Trinajstić information content (AvgIpc) is 1.27. The molecule has 0 atom stereocenters. The van der Waals surface area contributed by atoms with Crippen molar-refractivity contribution in [2.24, 2.45) is 0 Å². The predicted octanol–water partition coefficient (Wildman–Crippen LogP) is -2.87. The van der Waals surface area contributed by atoms with E-state index in [9.17, 15) is 13.1 Å². The van der Waals surface area contributed by atoms with E-state index >= 15 is 0 Å². The van der Waals surface area contributed by atoms with Crippen LogP contribution in [0.4, 0.5) is 13.1 Å². The molecule has 0 radical (unpaired) electrons. The zero-order chi connectivity index (χ0) is 5.86. The van der Waals surface area contributed by atoms with E-state index < -0.39 is 13.3 Å². The number of rotatable bonds is 1. The van der Waals surface area contributed by atoms with Crippen LogP contribution in [0, 0.1) is 0 Å². The first-order valence-electron chi connectivity index (χ1n) is 1.45. The van der Waals surface area contributed by atoms with E-state index in [0.717, 1.165) is 0 Å². The second-order valence-corrected chi connectivity index (χ2v) is 0.807. The van der Waals surface area contributed by atoms with Crippen LogP contribution >= 0.6 is 0 Å². The van der Waals surface area contributed by atoms with E-state index in [-0.39, 0.29) is 57.4 Å². The van der Waals surface area contributed by atoms with Crippen LogP contribution < -0.4 is 56.4 Å². The van der Waals surface area contributed by atoms with Crippen LogP contribution in [0.5, 0.6) is 0 Å². The summed E-state index contributed by atoms with van der Waals surface area (Å²) in [5.41, 5.74) is 0. The smallest absolute Gasteiger partial charge is 0.849 e. The van der Waals surface area contributed by atoms with Gasteiger partial charge in [0.05, 0.1) is 0 Å². The summed E-state index contributed by atoms with van der Waals surface area (Å²) in [5, 5.41) is 9.11. The summed E-state index contributed by atoms with van der Waals surface area (Å²) in [7, 11) is -2.79. The van der Waals surface area contributed by atoms with Crippen LogP contribution in [0.25, 0.3) is 0 Å². The first kappa shape index (κ1) is 11.9. The van der Waals surface area contributed by atoms with Gasteiger partial charge < -0.3 is 9.34 Å². The van der Waals surface area contributed by atoms with Crippen molar-refractivity contribution >= 4 is 7.19 Å². The van der Waals surface area contributed by atoms with Gasteiger partial charge in [0.2, 0.25) is 0 Å². The molecule has 0 saturated carbocycles. The molecule has 0 aromatic carbocycles. The largest absolute Gasteiger partial charge is 1.00 e. The molecule has 0 aliphatic rings. The molecule has 1 nitrogen and oxygen atoms in total. The summed E-state index contributed by atoms with van der Waals surface area (Å²) in [6, 6.07) is 0. The Hall–Kier alpha value is 1.19. The summed E-state index contributed by atoms with van der Waals surface area (Å²) >= 11 is 0. The second kappa shape index (κ2) is 6.31. The molecular formula is C2HBF3KO. The van der Waals surface area contributed by atoms with E-state index in [4.69, 9.17) is 5.02 Å². The molecule has 0 aliphatic heterocycles. The van der Waals surface area contributed by atoms with Gasteiger partial charge in [0, 0.05) is 0 Å². The van der Waals surface area contributed by atoms with Crippen LogP contribution in [0.1, 0.15) is 0 Å². The number of hydrogen-bond donors (Lipinski definition) is 0. The fourth-order valence-electron chi connectivity index (χ4n) is 0.0991. The van der Waals surface area contributed by atoms with Gasteiger partial charge in [-0.2, -0.15) is 8.78 Å². The standard InChI is InChI=1S/C2HBF3O.K/c4-2(5)1-3(6)7;/h1H;/q-1;+1. The Morgan fingerprint density at radius 1 is 1.50 bits per heavy atom. The Kier molecular flexibility index (Phi) is 9.41. The Morgan fingerprint density at radius 2 is 1.88 bits per heavy atom. The molecule has 0 saturated heterocycles. The minimum Gasteiger partial charge on any atom is -0.849 e. The van der Waals surface area contributed by atoms with Gasteiger partial charge in [-0.1, -0.05) is 0 Å². The molecule has 0 amide bonds. The van der Waals surface area contributed by atoms with E-state index in [0.29, 0.717) is 0 Å². The van der Waals surface area contributed by atoms with Crippen molar-refractivity contribution in [3.63, 3.8) is 0 Å². The van der Waals surface area contributed by atoms with Crippen molar-refractivity contribution in [2.75, 3.05) is 0 Å². The Balaban J connectivity index is 0. The van der Waals surface area contributed by atoms with E-state index in [1.54, 1.807) is 0 Å². The Morgan fingerprint density at radius 3 is 1.88 bits per heavy atom. The van der Waals surface area contributed by atoms with Crippen molar-refractivity contribution in [2.45, 2.75) is 0 Å². The van der Waals surface area contributed by atoms with E-state index in [1.165, 1.54) is 0 Å². The van der Waals surface area contributed by atoms with Crippen molar-refractivity contribution in [3.8, 4) is 0 Å². The molecule has 0 aromatic rings. The summed E-state index contributed by atoms with van der Waals surface area (Å²) in [6.45, 7) is 0. The summed E-state index contributed by atoms with van der Waals surface area (Å²) in [6.07, 6.45) is -2.28. The Bertz CT molecular complexity index is 81.4. The molecule has 0 aliphatic carbocycles. The predicted molar refractivity (Wildman–Crippen MR) is 17.2 cm³/mol. The number of hydrogen-bond acceptors (Lipinski definition) is 1. The minimum absolute atomic E-state index is 0. The Labute approximate surface area is 87.5 Å². The fraction of sp³-hybridized carbons (Fsp3) is 0. The van der Waals surface area contributed by atoms with Gasteiger partial charge in [0.1, 0.15) is 0 Å². The van der Waals surface area contributed by atoms with Crippen LogP contribution in [-0.2, 0) is 0 Å². The van der Waals surface area contributed by atoms with Gasteiger partial charge in [0.25, 0.3) is 13.3 Å². The van der Waals surface area contributed by atoms with Crippen molar-refractivity contribution in [1.82, 2.24) is 0 Å². The maximum Gasteiger partial charge on any atom is 1.00 e. The van der Waals surface area contributed by atoms with Gasteiger partial charge >= 0.3 is 51.4 Å². The quantitative estimate of drug-likeness (QED) is 0.366. The molecule has 0 unspecified atom stereocenters. The molecule has 8 heavy (non-hydrogen) atoms. The summed E-state index contributed by atoms with van der Waals surface area (Å²) in [5.74, 6) is -0.306. The monoisotopic (exact) mass is 148 g/mol. The zero-order valence-electron chi connectivity index (χ0n) is 4.20. The third-order valence-electron chi connectivity index (χ3n) is 0.257. The first-order valence-corrected chi connectivity index (χ1v) is 1.45. The molecule has 0 spiro atoms. The molecule has 0 heterocycles. The molecule has 6 heteroatoms. The van der Waals surface area contributed by atoms with Crippen LogP contribution in [0.2, 0.25) is 0 Å². The number of halogens is 3. The first-order chi connectivity index (χ1) is 3.13. The topological polar surface area (TPSA) is 23.1 Å². The second-order valence-electron chi connectivity index (χ2n) is 0.807. The average molecular weight is 148 g/mol. The molecule has 0 rings (SSSR count). The molecular weight excluding hydrogens is 147 g/mol. The van der Waals surface area contributed by atoms with Crippen molar-refractivity contribution in [3.05, 3.63) is 12.1 Å². The third-order valence-corrected chi connectivity index (χ3v) is 0.257. The van der Waals surface area contributed by atoms with Gasteiger partial charge in [-0.3, -0.25) is 0 Å². The van der Waals surface area contributed by atoms with E-state index in [2.05, 4.69) is 0 Å². The van der Waals surface area contributed by atoms with Crippen LogP contribution in [0.15, 0.2) is 12.1 Å². The van der Waals surface area contributed by atoms with Crippen LogP contribution in [-0.4, -0.2) is 7.19 Å². The normalized spacial score (nSPS) is 7.00. The van der Waals surface area contributed by atoms with Gasteiger partial charge in [-0.15, -0.1) is 0 Å². The minimum atomic E-state index is -2.79. The maximum absolute atomic E-state index is 10.8. The maximum atomic E-state index is 10.8.